The van der Waals surface area contributed by atoms with Gasteiger partial charge in [0.2, 0.25) is 5.78 Å². The van der Waals surface area contributed by atoms with Crippen LogP contribution in [0.4, 0.5) is 0 Å². The fraction of sp³-hybridized carbons (Fsp3) is 0.174. The van der Waals surface area contributed by atoms with E-state index in [-0.39, 0.29) is 11.4 Å². The van der Waals surface area contributed by atoms with Gasteiger partial charge in [0.05, 0.1) is 27.2 Å². The fourth-order valence-electron chi connectivity index (χ4n) is 3.67. The van der Waals surface area contributed by atoms with E-state index in [0.717, 1.165) is 16.1 Å². The van der Waals surface area contributed by atoms with Crippen LogP contribution in [-0.2, 0) is 11.3 Å². The molecule has 1 N–H and O–H groups in total. The largest absolute Gasteiger partial charge is 0.503 e. The number of hydrogen-bond donors (Lipinski definition) is 1. The van der Waals surface area contributed by atoms with Crippen LogP contribution in [0.1, 0.15) is 37.5 Å². The number of hydrogen-bond acceptors (Lipinski definition) is 5. The lowest BCUT2D eigenvalue weighted by Gasteiger charge is -2.27. The molecule has 2 aromatic carbocycles. The van der Waals surface area contributed by atoms with E-state index in [1.807, 2.05) is 67.6 Å². The third kappa shape index (κ3) is 3.47. The minimum absolute atomic E-state index is 0.115. The second kappa shape index (κ2) is 7.64. The Kier molecular flexibility index (Phi) is 5.03. The second-order valence-corrected chi connectivity index (χ2v) is 8.17. The number of Topliss-reactive ketones (excluding diaryl/α,β-unsaturated/α-hetero) is 1. The Morgan fingerprint density at radius 1 is 1.07 bits per heavy atom. The van der Waals surface area contributed by atoms with Gasteiger partial charge >= 0.3 is 0 Å². The van der Waals surface area contributed by atoms with Gasteiger partial charge in [-0.2, -0.15) is 0 Å². The van der Waals surface area contributed by atoms with Crippen molar-refractivity contribution in [2.24, 2.45) is 0 Å². The first-order valence-electron chi connectivity index (χ1n) is 9.29. The van der Waals surface area contributed by atoms with Gasteiger partial charge in [-0.3, -0.25) is 9.59 Å². The molecule has 1 atom stereocenters. The van der Waals surface area contributed by atoms with Crippen LogP contribution in [0.3, 0.4) is 0 Å². The highest BCUT2D eigenvalue weighted by Crippen LogP contribution is 2.40. The first kappa shape index (κ1) is 19.1. The summed E-state index contributed by atoms with van der Waals surface area (Å²) in [6.07, 6.45) is 0. The van der Waals surface area contributed by atoms with E-state index < -0.39 is 17.7 Å². The molecular formula is C23H20N2O3S. The predicted molar refractivity (Wildman–Crippen MR) is 112 cm³/mol. The van der Waals surface area contributed by atoms with Crippen molar-refractivity contribution in [1.29, 1.82) is 0 Å². The Morgan fingerprint density at radius 3 is 2.28 bits per heavy atom. The third-order valence-electron chi connectivity index (χ3n) is 4.97. The predicted octanol–water partition coefficient (Wildman–Crippen LogP) is 4.54. The van der Waals surface area contributed by atoms with Crippen molar-refractivity contribution >= 4 is 23.0 Å². The van der Waals surface area contributed by atoms with Gasteiger partial charge in [-0.15, -0.1) is 11.3 Å². The standard InChI is InChI=1S/C23H20N2O3S/c1-14-22(29-15(2)24-14)20(26)18-19(17-11-7-4-8-12-17)25(23(28)21(18)27)13-16-9-5-3-6-10-16/h3-12,19,27H,13H2,1-2H3. The number of carbonyl (C=O) groups is 2. The molecule has 2 heterocycles. The highest BCUT2D eigenvalue weighted by atomic mass is 32.1. The molecular weight excluding hydrogens is 384 g/mol. The van der Waals surface area contributed by atoms with Crippen LogP contribution in [0.15, 0.2) is 72.0 Å². The Bertz CT molecular complexity index is 1100. The summed E-state index contributed by atoms with van der Waals surface area (Å²) in [5.41, 5.74) is 2.43. The number of aryl methyl sites for hydroxylation is 2. The summed E-state index contributed by atoms with van der Waals surface area (Å²) in [6.45, 7) is 3.89. The number of aliphatic hydroxyl groups excluding tert-OH is 1. The lowest BCUT2D eigenvalue weighted by atomic mass is 9.95. The molecule has 5 nitrogen and oxygen atoms in total. The van der Waals surface area contributed by atoms with Gasteiger partial charge in [0.15, 0.2) is 5.76 Å². The van der Waals surface area contributed by atoms with Gasteiger partial charge in [0.25, 0.3) is 5.91 Å². The topological polar surface area (TPSA) is 70.5 Å². The molecule has 3 aromatic rings. The highest BCUT2D eigenvalue weighted by molar-refractivity contribution is 7.14. The van der Waals surface area contributed by atoms with Crippen molar-refractivity contribution < 1.29 is 14.7 Å². The molecule has 1 aliphatic heterocycles. The Balaban J connectivity index is 1.81. The maximum atomic E-state index is 13.4. The van der Waals surface area contributed by atoms with Crippen LogP contribution < -0.4 is 0 Å². The van der Waals surface area contributed by atoms with Crippen LogP contribution in [0.2, 0.25) is 0 Å². The van der Waals surface area contributed by atoms with Gasteiger partial charge in [0.1, 0.15) is 0 Å². The van der Waals surface area contributed by atoms with E-state index in [4.69, 9.17) is 0 Å². The number of rotatable bonds is 5. The van der Waals surface area contributed by atoms with Crippen molar-refractivity contribution in [2.45, 2.75) is 26.4 Å². The maximum absolute atomic E-state index is 13.4. The molecule has 1 amide bonds. The van der Waals surface area contributed by atoms with E-state index in [2.05, 4.69) is 4.98 Å². The lowest BCUT2D eigenvalue weighted by Crippen LogP contribution is -2.30. The monoisotopic (exact) mass is 404 g/mol. The molecule has 0 spiro atoms. The summed E-state index contributed by atoms with van der Waals surface area (Å²) in [5.74, 6) is -1.36. The van der Waals surface area contributed by atoms with Gasteiger partial charge < -0.3 is 10.0 Å². The Hall–Kier alpha value is -3.25. The average molecular weight is 404 g/mol. The van der Waals surface area contributed by atoms with E-state index in [1.165, 1.54) is 11.3 Å². The van der Waals surface area contributed by atoms with Crippen LogP contribution in [0.5, 0.6) is 0 Å². The normalized spacial score (nSPS) is 16.6. The van der Waals surface area contributed by atoms with Gasteiger partial charge in [-0.05, 0) is 25.0 Å². The summed E-state index contributed by atoms with van der Waals surface area (Å²) >= 11 is 1.28. The van der Waals surface area contributed by atoms with E-state index in [0.29, 0.717) is 17.1 Å². The van der Waals surface area contributed by atoms with Crippen LogP contribution in [-0.4, -0.2) is 26.7 Å². The number of benzene rings is 2. The molecule has 6 heteroatoms. The quantitative estimate of drug-likeness (QED) is 0.634. The van der Waals surface area contributed by atoms with E-state index in [9.17, 15) is 14.7 Å². The molecule has 0 aliphatic carbocycles. The van der Waals surface area contributed by atoms with Gasteiger partial charge in [-0.25, -0.2) is 4.98 Å². The molecule has 1 unspecified atom stereocenters. The number of nitrogens with zero attached hydrogens (tertiary/aromatic N) is 2. The molecule has 0 fully saturated rings. The first-order valence-corrected chi connectivity index (χ1v) is 10.1. The maximum Gasteiger partial charge on any atom is 0.290 e. The van der Waals surface area contributed by atoms with Crippen molar-refractivity contribution in [3.05, 3.63) is 98.7 Å². The number of aromatic nitrogens is 1. The second-order valence-electron chi connectivity index (χ2n) is 6.97. The van der Waals surface area contributed by atoms with Crippen LogP contribution >= 0.6 is 11.3 Å². The smallest absolute Gasteiger partial charge is 0.290 e. The zero-order valence-corrected chi connectivity index (χ0v) is 16.9. The zero-order valence-electron chi connectivity index (χ0n) is 16.1. The zero-order chi connectivity index (χ0) is 20.5. The fourth-order valence-corrected chi connectivity index (χ4v) is 4.55. The molecule has 0 saturated heterocycles. The van der Waals surface area contributed by atoms with Gasteiger partial charge in [-0.1, -0.05) is 60.7 Å². The summed E-state index contributed by atoms with van der Waals surface area (Å²) in [4.78, 5) is 32.7. The molecule has 4 rings (SSSR count). The summed E-state index contributed by atoms with van der Waals surface area (Å²) < 4.78 is 0. The minimum Gasteiger partial charge on any atom is -0.503 e. The Morgan fingerprint density at radius 2 is 1.69 bits per heavy atom. The summed E-state index contributed by atoms with van der Waals surface area (Å²) in [6, 6.07) is 18.2. The average Bonchev–Trinajstić information content (AvgIpc) is 3.19. The van der Waals surface area contributed by atoms with Crippen molar-refractivity contribution in [3.63, 3.8) is 0 Å². The summed E-state index contributed by atoms with van der Waals surface area (Å²) in [5, 5.41) is 11.5. The number of aliphatic hydroxyl groups is 1. The van der Waals surface area contributed by atoms with Crippen molar-refractivity contribution in [3.8, 4) is 0 Å². The molecule has 29 heavy (non-hydrogen) atoms. The van der Waals surface area contributed by atoms with Crippen LogP contribution in [0.25, 0.3) is 0 Å². The number of ketones is 1. The van der Waals surface area contributed by atoms with Crippen molar-refractivity contribution in [2.75, 3.05) is 0 Å². The first-order chi connectivity index (χ1) is 14.0. The molecule has 0 radical (unpaired) electrons. The summed E-state index contributed by atoms with van der Waals surface area (Å²) in [7, 11) is 0. The lowest BCUT2D eigenvalue weighted by molar-refractivity contribution is -0.130. The Labute approximate surface area is 173 Å². The minimum atomic E-state index is -0.654. The SMILES string of the molecule is Cc1nc(C)c(C(=O)C2=C(O)C(=O)N(Cc3ccccc3)C2c2ccccc2)s1. The highest BCUT2D eigenvalue weighted by Gasteiger charge is 2.44. The van der Waals surface area contributed by atoms with Crippen LogP contribution in [0, 0.1) is 13.8 Å². The molecule has 1 aromatic heterocycles. The van der Waals surface area contributed by atoms with E-state index in [1.54, 1.807) is 11.8 Å². The molecule has 1 aliphatic rings. The molecule has 0 bridgehead atoms. The van der Waals surface area contributed by atoms with E-state index >= 15 is 0 Å². The van der Waals surface area contributed by atoms with Crippen molar-refractivity contribution in [1.82, 2.24) is 9.88 Å². The number of thiazole rings is 1. The molecule has 146 valence electrons. The number of carbonyl (C=O) groups excluding carboxylic acids is 2. The number of amides is 1. The van der Waals surface area contributed by atoms with Gasteiger partial charge in [0, 0.05) is 6.54 Å². The molecule has 0 saturated carbocycles. The third-order valence-corrected chi connectivity index (χ3v) is 6.04.